The highest BCUT2D eigenvalue weighted by Gasteiger charge is 2.35. The number of carbonyl (C=O) groups excluding carboxylic acids is 1. The van der Waals surface area contributed by atoms with Crippen LogP contribution in [-0.2, 0) is 5.41 Å². The number of phenols is 1. The smallest absolute Gasteiger partial charge is 0.268 e. The molecule has 0 saturated heterocycles. The third-order valence-corrected chi connectivity index (χ3v) is 4.70. The number of aromatic hydroxyl groups is 1. The van der Waals surface area contributed by atoms with Gasteiger partial charge in [-0.05, 0) is 41.9 Å². The monoisotopic (exact) mass is 262 g/mol. The molecule has 1 aliphatic rings. The molecule has 19 heavy (non-hydrogen) atoms. The van der Waals surface area contributed by atoms with Crippen molar-refractivity contribution in [3.63, 3.8) is 0 Å². The van der Waals surface area contributed by atoms with E-state index in [0.717, 1.165) is 12.0 Å². The zero-order valence-electron chi connectivity index (χ0n) is 11.6. The molecule has 104 valence electrons. The molecule has 0 radical (unpaired) electrons. The van der Waals surface area contributed by atoms with Gasteiger partial charge in [0.1, 0.15) is 5.75 Å². The van der Waals surface area contributed by atoms with E-state index in [-0.39, 0.29) is 16.7 Å². The highest BCUT2D eigenvalue weighted by Crippen LogP contribution is 2.44. The van der Waals surface area contributed by atoms with E-state index in [2.05, 4.69) is 19.3 Å². The summed E-state index contributed by atoms with van der Waals surface area (Å²) in [6.45, 7) is 4.50. The summed E-state index contributed by atoms with van der Waals surface area (Å²) in [7, 11) is 0. The molecule has 0 spiro atoms. The van der Waals surface area contributed by atoms with E-state index in [1.807, 2.05) is 6.07 Å². The van der Waals surface area contributed by atoms with Gasteiger partial charge in [-0.3, -0.25) is 10.2 Å². The standard InChI is InChI=1S/C15H22N2O2/c1-10-5-3-4-8-15(10,2)11-6-7-13(18)12(9-11)14(19)17-16/h6-7,9-10,18H,3-5,8,16H2,1-2H3,(H,17,19). The van der Waals surface area contributed by atoms with E-state index in [1.165, 1.54) is 19.3 Å². The average Bonchev–Trinajstić information content (AvgIpc) is 2.42. The van der Waals surface area contributed by atoms with Crippen LogP contribution in [0.4, 0.5) is 0 Å². The number of nitrogens with two attached hydrogens (primary N) is 1. The number of hydrazine groups is 1. The van der Waals surface area contributed by atoms with Gasteiger partial charge in [0.25, 0.3) is 5.91 Å². The molecular formula is C15H22N2O2. The Kier molecular flexibility index (Phi) is 3.80. The molecule has 4 nitrogen and oxygen atoms in total. The van der Waals surface area contributed by atoms with Crippen molar-refractivity contribution >= 4 is 5.91 Å². The van der Waals surface area contributed by atoms with Crippen LogP contribution < -0.4 is 11.3 Å². The number of nitrogens with one attached hydrogen (secondary N) is 1. The number of hydrogen-bond donors (Lipinski definition) is 3. The van der Waals surface area contributed by atoms with E-state index in [4.69, 9.17) is 5.84 Å². The largest absolute Gasteiger partial charge is 0.507 e. The van der Waals surface area contributed by atoms with Gasteiger partial charge in [-0.25, -0.2) is 5.84 Å². The van der Waals surface area contributed by atoms with Crippen LogP contribution in [0.2, 0.25) is 0 Å². The normalized spacial score (nSPS) is 27.0. The first-order chi connectivity index (χ1) is 8.99. The van der Waals surface area contributed by atoms with Crippen LogP contribution in [-0.4, -0.2) is 11.0 Å². The molecule has 2 rings (SSSR count). The number of carbonyl (C=O) groups is 1. The van der Waals surface area contributed by atoms with Crippen molar-refractivity contribution in [1.29, 1.82) is 0 Å². The summed E-state index contributed by atoms with van der Waals surface area (Å²) in [5.74, 6) is 5.24. The molecule has 0 aliphatic heterocycles. The minimum atomic E-state index is -0.452. The molecule has 0 heterocycles. The molecule has 4 N–H and O–H groups in total. The summed E-state index contributed by atoms with van der Waals surface area (Å²) in [5, 5.41) is 9.77. The Balaban J connectivity index is 2.42. The Labute approximate surface area is 114 Å². The minimum absolute atomic E-state index is 0.0289. The van der Waals surface area contributed by atoms with Crippen molar-refractivity contribution in [2.75, 3.05) is 0 Å². The first-order valence-corrected chi connectivity index (χ1v) is 6.83. The number of benzene rings is 1. The number of rotatable bonds is 2. The van der Waals surface area contributed by atoms with Gasteiger partial charge in [-0.1, -0.05) is 32.8 Å². The summed E-state index contributed by atoms with van der Waals surface area (Å²) in [6, 6.07) is 5.29. The fourth-order valence-corrected chi connectivity index (χ4v) is 3.09. The maximum atomic E-state index is 11.7. The van der Waals surface area contributed by atoms with Gasteiger partial charge in [0.15, 0.2) is 0 Å². The predicted molar refractivity (Wildman–Crippen MR) is 74.7 cm³/mol. The molecule has 1 aromatic rings. The SMILES string of the molecule is CC1CCCCC1(C)c1ccc(O)c(C(=O)NN)c1. The maximum Gasteiger partial charge on any atom is 0.268 e. The number of amides is 1. The second-order valence-electron chi connectivity index (χ2n) is 5.77. The predicted octanol–water partition coefficient (Wildman–Crippen LogP) is 2.46. The highest BCUT2D eigenvalue weighted by atomic mass is 16.3. The van der Waals surface area contributed by atoms with Gasteiger partial charge in [-0.2, -0.15) is 0 Å². The number of hydrogen-bond acceptors (Lipinski definition) is 3. The van der Waals surface area contributed by atoms with Crippen LogP contribution in [0.1, 0.15) is 55.5 Å². The van der Waals surface area contributed by atoms with Crippen LogP contribution in [0, 0.1) is 5.92 Å². The fourth-order valence-electron chi connectivity index (χ4n) is 3.09. The molecule has 1 fully saturated rings. The van der Waals surface area contributed by atoms with E-state index < -0.39 is 5.91 Å². The molecule has 2 unspecified atom stereocenters. The minimum Gasteiger partial charge on any atom is -0.507 e. The van der Waals surface area contributed by atoms with Gasteiger partial charge in [0, 0.05) is 0 Å². The first kappa shape index (κ1) is 13.9. The van der Waals surface area contributed by atoms with Crippen LogP contribution in [0.3, 0.4) is 0 Å². The van der Waals surface area contributed by atoms with Gasteiger partial charge in [0.05, 0.1) is 5.56 Å². The first-order valence-electron chi connectivity index (χ1n) is 6.83. The van der Waals surface area contributed by atoms with E-state index >= 15 is 0 Å². The molecular weight excluding hydrogens is 240 g/mol. The van der Waals surface area contributed by atoms with Crippen LogP contribution >= 0.6 is 0 Å². The van der Waals surface area contributed by atoms with E-state index in [0.29, 0.717) is 5.92 Å². The van der Waals surface area contributed by atoms with E-state index in [1.54, 1.807) is 12.1 Å². The molecule has 1 amide bonds. The zero-order chi connectivity index (χ0) is 14.0. The maximum absolute atomic E-state index is 11.7. The number of phenolic OH excluding ortho intramolecular Hbond substituents is 1. The van der Waals surface area contributed by atoms with Gasteiger partial charge in [-0.15, -0.1) is 0 Å². The Morgan fingerprint density at radius 3 is 2.84 bits per heavy atom. The Hall–Kier alpha value is -1.55. The molecule has 0 bridgehead atoms. The summed E-state index contributed by atoms with van der Waals surface area (Å²) in [6.07, 6.45) is 4.80. The van der Waals surface area contributed by atoms with Crippen LogP contribution in [0.5, 0.6) is 5.75 Å². The third-order valence-electron chi connectivity index (χ3n) is 4.70. The Morgan fingerprint density at radius 1 is 1.47 bits per heavy atom. The van der Waals surface area contributed by atoms with Crippen LogP contribution in [0.15, 0.2) is 18.2 Å². The van der Waals surface area contributed by atoms with Crippen molar-refractivity contribution in [2.24, 2.45) is 11.8 Å². The molecule has 4 heteroatoms. The van der Waals surface area contributed by atoms with Crippen molar-refractivity contribution in [2.45, 2.75) is 44.9 Å². The molecule has 0 aromatic heterocycles. The lowest BCUT2D eigenvalue weighted by Gasteiger charge is -2.40. The quantitative estimate of drug-likeness (QED) is 0.435. The molecule has 1 saturated carbocycles. The van der Waals surface area contributed by atoms with Crippen molar-refractivity contribution < 1.29 is 9.90 Å². The molecule has 1 aliphatic carbocycles. The van der Waals surface area contributed by atoms with Gasteiger partial charge < -0.3 is 5.11 Å². The topological polar surface area (TPSA) is 75.3 Å². The lowest BCUT2D eigenvalue weighted by atomic mass is 9.64. The van der Waals surface area contributed by atoms with Crippen LogP contribution in [0.25, 0.3) is 0 Å². The summed E-state index contributed by atoms with van der Waals surface area (Å²) in [5.41, 5.74) is 3.50. The number of nitrogen functional groups attached to an aromatic ring is 1. The average molecular weight is 262 g/mol. The zero-order valence-corrected chi connectivity index (χ0v) is 11.6. The third kappa shape index (κ3) is 2.45. The van der Waals surface area contributed by atoms with Gasteiger partial charge in [0.2, 0.25) is 0 Å². The van der Waals surface area contributed by atoms with Crippen molar-refractivity contribution in [1.82, 2.24) is 5.43 Å². The Bertz CT molecular complexity index is 487. The second-order valence-corrected chi connectivity index (χ2v) is 5.77. The van der Waals surface area contributed by atoms with Crippen molar-refractivity contribution in [3.8, 4) is 5.75 Å². The lowest BCUT2D eigenvalue weighted by Crippen LogP contribution is -2.34. The summed E-state index contributed by atoms with van der Waals surface area (Å²) < 4.78 is 0. The summed E-state index contributed by atoms with van der Waals surface area (Å²) >= 11 is 0. The lowest BCUT2D eigenvalue weighted by molar-refractivity contribution is 0.0950. The second kappa shape index (κ2) is 5.21. The highest BCUT2D eigenvalue weighted by molar-refractivity contribution is 5.96. The summed E-state index contributed by atoms with van der Waals surface area (Å²) in [4.78, 5) is 11.7. The Morgan fingerprint density at radius 2 is 2.21 bits per heavy atom. The van der Waals surface area contributed by atoms with Gasteiger partial charge >= 0.3 is 0 Å². The fraction of sp³-hybridized carbons (Fsp3) is 0.533. The van der Waals surface area contributed by atoms with Crippen molar-refractivity contribution in [3.05, 3.63) is 29.3 Å². The molecule has 1 aromatic carbocycles. The molecule has 2 atom stereocenters. The van der Waals surface area contributed by atoms with E-state index in [9.17, 15) is 9.90 Å².